The summed E-state index contributed by atoms with van der Waals surface area (Å²) in [5.74, 6) is 0. The number of hydrogen-bond donors (Lipinski definition) is 1. The van der Waals surface area contributed by atoms with Crippen molar-refractivity contribution in [2.45, 2.75) is 19.0 Å². The first-order valence-corrected chi connectivity index (χ1v) is 6.75. The molecule has 0 saturated carbocycles. The van der Waals surface area contributed by atoms with Crippen LogP contribution in [0.25, 0.3) is 0 Å². The number of rotatable bonds is 4. The lowest BCUT2D eigenvalue weighted by Gasteiger charge is -2.28. The minimum absolute atomic E-state index is 0.606. The van der Waals surface area contributed by atoms with Gasteiger partial charge in [0.25, 0.3) is 0 Å². The fourth-order valence-electron chi connectivity index (χ4n) is 2.60. The van der Waals surface area contributed by atoms with Crippen molar-refractivity contribution >= 4 is 0 Å². The maximum Gasteiger partial charge on any atom is 0.0344 e. The highest BCUT2D eigenvalue weighted by Gasteiger charge is 2.21. The van der Waals surface area contributed by atoms with Gasteiger partial charge in [0.05, 0.1) is 0 Å². The van der Waals surface area contributed by atoms with Gasteiger partial charge in [0.1, 0.15) is 0 Å². The third-order valence-electron chi connectivity index (χ3n) is 3.65. The molecular formula is C14H24N4. The van der Waals surface area contributed by atoms with Gasteiger partial charge in [0, 0.05) is 38.1 Å². The van der Waals surface area contributed by atoms with Crippen LogP contribution in [0.15, 0.2) is 24.5 Å². The van der Waals surface area contributed by atoms with Gasteiger partial charge in [-0.25, -0.2) is 0 Å². The molecule has 1 aliphatic heterocycles. The van der Waals surface area contributed by atoms with Gasteiger partial charge < -0.3 is 10.2 Å². The van der Waals surface area contributed by atoms with E-state index < -0.39 is 0 Å². The lowest BCUT2D eigenvalue weighted by atomic mass is 10.2. The minimum Gasteiger partial charge on any atom is -0.318 e. The molecule has 0 bridgehead atoms. The van der Waals surface area contributed by atoms with Crippen molar-refractivity contribution in [1.82, 2.24) is 20.1 Å². The quantitative estimate of drug-likeness (QED) is 0.854. The van der Waals surface area contributed by atoms with Crippen molar-refractivity contribution in [3.63, 3.8) is 0 Å². The average molecular weight is 248 g/mol. The Morgan fingerprint density at radius 3 is 3.06 bits per heavy atom. The molecule has 2 heterocycles. The number of aromatic nitrogens is 1. The van der Waals surface area contributed by atoms with Gasteiger partial charge in [-0.1, -0.05) is 6.07 Å². The van der Waals surface area contributed by atoms with Crippen LogP contribution in [0.3, 0.4) is 0 Å². The molecule has 4 heteroatoms. The molecule has 1 fully saturated rings. The van der Waals surface area contributed by atoms with Crippen LogP contribution in [0.4, 0.5) is 0 Å². The molecule has 1 aromatic rings. The molecule has 1 unspecified atom stereocenters. The molecule has 1 saturated heterocycles. The Kier molecular flexibility index (Phi) is 5.11. The second kappa shape index (κ2) is 6.83. The maximum atomic E-state index is 4.19. The van der Waals surface area contributed by atoms with Gasteiger partial charge in [-0.3, -0.25) is 9.88 Å². The van der Waals surface area contributed by atoms with Crippen LogP contribution in [0, 0.1) is 0 Å². The van der Waals surface area contributed by atoms with Crippen LogP contribution in [0.2, 0.25) is 0 Å². The molecule has 2 rings (SSSR count). The van der Waals surface area contributed by atoms with E-state index in [0.717, 1.165) is 19.6 Å². The normalized spacial score (nSPS) is 22.9. The summed E-state index contributed by atoms with van der Waals surface area (Å²) in [7, 11) is 4.26. The molecule has 18 heavy (non-hydrogen) atoms. The van der Waals surface area contributed by atoms with Crippen LogP contribution >= 0.6 is 0 Å². The number of likely N-dealkylation sites (N-methyl/N-ethyl adjacent to an activating group) is 2. The zero-order chi connectivity index (χ0) is 12.8. The lowest BCUT2D eigenvalue weighted by Crippen LogP contribution is -2.44. The van der Waals surface area contributed by atoms with Crippen LogP contribution < -0.4 is 5.32 Å². The maximum absolute atomic E-state index is 4.19. The van der Waals surface area contributed by atoms with Crippen LogP contribution in [-0.2, 0) is 6.54 Å². The van der Waals surface area contributed by atoms with Crippen LogP contribution in [0.5, 0.6) is 0 Å². The Hall–Kier alpha value is -0.970. The first-order valence-electron chi connectivity index (χ1n) is 6.75. The Morgan fingerprint density at radius 1 is 1.44 bits per heavy atom. The molecule has 1 atom stereocenters. The van der Waals surface area contributed by atoms with Gasteiger partial charge in [-0.15, -0.1) is 0 Å². The van der Waals surface area contributed by atoms with E-state index in [1.54, 1.807) is 0 Å². The van der Waals surface area contributed by atoms with Gasteiger partial charge >= 0.3 is 0 Å². The summed E-state index contributed by atoms with van der Waals surface area (Å²) in [6.45, 7) is 5.57. The lowest BCUT2D eigenvalue weighted by molar-refractivity contribution is 0.201. The summed E-state index contributed by atoms with van der Waals surface area (Å²) in [5, 5.41) is 3.30. The Labute approximate surface area is 110 Å². The Balaban J connectivity index is 1.95. The first-order chi connectivity index (χ1) is 8.79. The van der Waals surface area contributed by atoms with E-state index in [0.29, 0.717) is 6.04 Å². The highest BCUT2D eigenvalue weighted by atomic mass is 15.2. The number of pyridine rings is 1. The van der Waals surface area contributed by atoms with Crippen LogP contribution in [0.1, 0.15) is 12.0 Å². The fraction of sp³-hybridized carbons (Fsp3) is 0.643. The number of hydrogen-bond acceptors (Lipinski definition) is 4. The van der Waals surface area contributed by atoms with Crippen molar-refractivity contribution < 1.29 is 0 Å². The zero-order valence-electron chi connectivity index (χ0n) is 11.5. The molecule has 1 aromatic heterocycles. The van der Waals surface area contributed by atoms with E-state index in [4.69, 9.17) is 0 Å². The van der Waals surface area contributed by atoms with E-state index in [-0.39, 0.29) is 0 Å². The summed E-state index contributed by atoms with van der Waals surface area (Å²) >= 11 is 0. The summed E-state index contributed by atoms with van der Waals surface area (Å²) in [4.78, 5) is 9.21. The molecule has 100 valence electrons. The fourth-order valence-corrected chi connectivity index (χ4v) is 2.60. The molecule has 1 aliphatic rings. The monoisotopic (exact) mass is 248 g/mol. The molecular weight excluding hydrogens is 224 g/mol. The highest BCUT2D eigenvalue weighted by Crippen LogP contribution is 2.11. The number of nitrogens with one attached hydrogen (secondary N) is 1. The highest BCUT2D eigenvalue weighted by molar-refractivity contribution is 5.08. The van der Waals surface area contributed by atoms with Crippen molar-refractivity contribution in [1.29, 1.82) is 0 Å². The van der Waals surface area contributed by atoms with E-state index in [1.165, 1.54) is 25.1 Å². The summed E-state index contributed by atoms with van der Waals surface area (Å²) < 4.78 is 0. The molecule has 0 spiro atoms. The predicted molar refractivity (Wildman–Crippen MR) is 74.5 cm³/mol. The third kappa shape index (κ3) is 3.77. The van der Waals surface area contributed by atoms with E-state index in [2.05, 4.69) is 33.2 Å². The van der Waals surface area contributed by atoms with Crippen molar-refractivity contribution in [3.8, 4) is 0 Å². The molecule has 0 radical (unpaired) electrons. The van der Waals surface area contributed by atoms with Crippen molar-refractivity contribution in [2.24, 2.45) is 0 Å². The molecule has 1 N–H and O–H groups in total. The minimum atomic E-state index is 0.606. The number of nitrogens with zero attached hydrogens (tertiary/aromatic N) is 3. The van der Waals surface area contributed by atoms with Gasteiger partial charge in [-0.05, 0) is 45.2 Å². The van der Waals surface area contributed by atoms with Gasteiger partial charge in [-0.2, -0.15) is 0 Å². The second-order valence-corrected chi connectivity index (χ2v) is 5.14. The molecule has 0 amide bonds. The smallest absolute Gasteiger partial charge is 0.0344 e. The van der Waals surface area contributed by atoms with Crippen LogP contribution in [-0.4, -0.2) is 61.1 Å². The Morgan fingerprint density at radius 2 is 2.33 bits per heavy atom. The van der Waals surface area contributed by atoms with Gasteiger partial charge in [0.15, 0.2) is 0 Å². The summed E-state index contributed by atoms with van der Waals surface area (Å²) in [5.41, 5.74) is 1.31. The van der Waals surface area contributed by atoms with E-state index in [1.807, 2.05) is 25.5 Å². The molecule has 4 nitrogen and oxygen atoms in total. The zero-order valence-corrected chi connectivity index (χ0v) is 11.5. The second-order valence-electron chi connectivity index (χ2n) is 5.14. The average Bonchev–Trinajstić information content (AvgIpc) is 2.54. The van der Waals surface area contributed by atoms with E-state index >= 15 is 0 Å². The molecule has 0 aromatic carbocycles. The van der Waals surface area contributed by atoms with E-state index in [9.17, 15) is 0 Å². The summed E-state index contributed by atoms with van der Waals surface area (Å²) in [6.07, 6.45) is 5.06. The molecule has 0 aliphatic carbocycles. The van der Waals surface area contributed by atoms with Crippen molar-refractivity contribution in [2.75, 3.05) is 40.3 Å². The third-order valence-corrected chi connectivity index (χ3v) is 3.65. The largest absolute Gasteiger partial charge is 0.318 e. The first kappa shape index (κ1) is 13.5. The van der Waals surface area contributed by atoms with Gasteiger partial charge in [0.2, 0.25) is 0 Å². The standard InChI is InChI=1S/C14H24N4/c1-15-10-14-12-18(8-4-7-17(14)2)11-13-5-3-6-16-9-13/h3,5-6,9,14-15H,4,7-8,10-12H2,1-2H3. The topological polar surface area (TPSA) is 31.4 Å². The summed E-state index contributed by atoms with van der Waals surface area (Å²) in [6, 6.07) is 4.79. The SMILES string of the molecule is CNCC1CN(Cc2cccnc2)CCCN1C. The Bertz CT molecular complexity index is 341. The van der Waals surface area contributed by atoms with Crippen molar-refractivity contribution in [3.05, 3.63) is 30.1 Å². The predicted octanol–water partition coefficient (Wildman–Crippen LogP) is 0.807.